The third-order valence-corrected chi connectivity index (χ3v) is 4.11. The number of aryl methyl sites for hydroxylation is 2. The predicted molar refractivity (Wildman–Crippen MR) is 77.8 cm³/mol. The molecule has 1 heterocycles. The van der Waals surface area contributed by atoms with Crippen molar-refractivity contribution in [3.63, 3.8) is 0 Å². The van der Waals surface area contributed by atoms with Crippen LogP contribution in [0.15, 0.2) is 33.6 Å². The molecule has 2 rings (SSSR count). The summed E-state index contributed by atoms with van der Waals surface area (Å²) in [6, 6.07) is 6.54. The fourth-order valence-corrected chi connectivity index (χ4v) is 2.99. The second-order valence-electron chi connectivity index (χ2n) is 4.33. The molecule has 1 aromatic heterocycles. The van der Waals surface area contributed by atoms with Crippen LogP contribution < -0.4 is 9.88 Å². The Kier molecular flexibility index (Phi) is 4.17. The SMILES string of the molecule is Cc1cc(COc2ccc(Br)cc2S(N)(=O)=O)n(C)n1. The van der Waals surface area contributed by atoms with Crippen molar-refractivity contribution in [3.05, 3.63) is 40.1 Å². The fourth-order valence-electron chi connectivity index (χ4n) is 1.77. The summed E-state index contributed by atoms with van der Waals surface area (Å²) in [6.45, 7) is 2.08. The number of ether oxygens (including phenoxy) is 1. The second-order valence-corrected chi connectivity index (χ2v) is 6.77. The third-order valence-electron chi connectivity index (χ3n) is 2.69. The van der Waals surface area contributed by atoms with Crippen molar-refractivity contribution >= 4 is 26.0 Å². The molecule has 0 saturated heterocycles. The zero-order chi connectivity index (χ0) is 14.9. The highest BCUT2D eigenvalue weighted by Gasteiger charge is 2.16. The molecule has 6 nitrogen and oxygen atoms in total. The highest BCUT2D eigenvalue weighted by atomic mass is 79.9. The zero-order valence-electron chi connectivity index (χ0n) is 11.0. The van der Waals surface area contributed by atoms with Gasteiger partial charge in [0.25, 0.3) is 0 Å². The minimum Gasteiger partial charge on any atom is -0.486 e. The Balaban J connectivity index is 2.28. The van der Waals surface area contributed by atoms with Gasteiger partial charge in [-0.3, -0.25) is 4.68 Å². The highest BCUT2D eigenvalue weighted by molar-refractivity contribution is 9.10. The number of aromatic nitrogens is 2. The van der Waals surface area contributed by atoms with Crippen molar-refractivity contribution in [1.29, 1.82) is 0 Å². The Hall–Kier alpha value is -1.38. The minimum absolute atomic E-state index is 0.0502. The number of primary sulfonamides is 1. The van der Waals surface area contributed by atoms with E-state index in [9.17, 15) is 8.42 Å². The number of sulfonamides is 1. The van der Waals surface area contributed by atoms with Crippen molar-refractivity contribution in [3.8, 4) is 5.75 Å². The van der Waals surface area contributed by atoms with Gasteiger partial charge in [0.1, 0.15) is 17.3 Å². The predicted octanol–water partition coefficient (Wildman–Crippen LogP) is 1.72. The van der Waals surface area contributed by atoms with Crippen molar-refractivity contribution < 1.29 is 13.2 Å². The molecule has 0 aliphatic rings. The summed E-state index contributed by atoms with van der Waals surface area (Å²) in [5, 5.41) is 9.38. The summed E-state index contributed by atoms with van der Waals surface area (Å²) < 4.78 is 31.0. The maximum atomic E-state index is 11.5. The number of hydrogen-bond donors (Lipinski definition) is 1. The molecule has 20 heavy (non-hydrogen) atoms. The molecule has 0 aliphatic heterocycles. The molecule has 108 valence electrons. The normalized spacial score (nSPS) is 11.6. The van der Waals surface area contributed by atoms with Gasteiger partial charge in [0.05, 0.1) is 11.4 Å². The average Bonchev–Trinajstić information content (AvgIpc) is 2.65. The molecule has 0 spiro atoms. The first kappa shape index (κ1) is 15.0. The third kappa shape index (κ3) is 3.38. The van der Waals surface area contributed by atoms with Gasteiger partial charge in [0.15, 0.2) is 0 Å². The highest BCUT2D eigenvalue weighted by Crippen LogP contribution is 2.27. The molecule has 0 amide bonds. The summed E-state index contributed by atoms with van der Waals surface area (Å²) in [5.41, 5.74) is 1.71. The van der Waals surface area contributed by atoms with Crippen LogP contribution in [0.2, 0.25) is 0 Å². The molecule has 2 N–H and O–H groups in total. The molecule has 0 bridgehead atoms. The largest absolute Gasteiger partial charge is 0.486 e. The van der Waals surface area contributed by atoms with E-state index in [1.807, 2.05) is 13.0 Å². The lowest BCUT2D eigenvalue weighted by molar-refractivity contribution is 0.287. The van der Waals surface area contributed by atoms with Crippen LogP contribution in [0.1, 0.15) is 11.4 Å². The van der Waals surface area contributed by atoms with Crippen LogP contribution >= 0.6 is 15.9 Å². The first-order valence-electron chi connectivity index (χ1n) is 5.72. The Morgan fingerprint density at radius 1 is 1.40 bits per heavy atom. The van der Waals surface area contributed by atoms with Gasteiger partial charge in [0.2, 0.25) is 10.0 Å². The van der Waals surface area contributed by atoms with E-state index in [0.29, 0.717) is 4.47 Å². The molecule has 0 saturated carbocycles. The Bertz CT molecular complexity index is 740. The molecule has 0 atom stereocenters. The van der Waals surface area contributed by atoms with Crippen molar-refractivity contribution in [2.45, 2.75) is 18.4 Å². The molecule has 0 aliphatic carbocycles. The van der Waals surface area contributed by atoms with Crippen molar-refractivity contribution in [1.82, 2.24) is 9.78 Å². The maximum Gasteiger partial charge on any atom is 0.241 e. The van der Waals surface area contributed by atoms with Gasteiger partial charge in [-0.15, -0.1) is 0 Å². The molecule has 0 unspecified atom stereocenters. The molecule has 0 fully saturated rings. The molecule has 8 heteroatoms. The summed E-state index contributed by atoms with van der Waals surface area (Å²) in [6.07, 6.45) is 0. The Labute approximate surface area is 125 Å². The van der Waals surface area contributed by atoms with Gasteiger partial charge in [0, 0.05) is 11.5 Å². The van der Waals surface area contributed by atoms with E-state index < -0.39 is 10.0 Å². The lowest BCUT2D eigenvalue weighted by atomic mass is 10.3. The summed E-state index contributed by atoms with van der Waals surface area (Å²) >= 11 is 3.21. The monoisotopic (exact) mass is 359 g/mol. The summed E-state index contributed by atoms with van der Waals surface area (Å²) in [7, 11) is -2.04. The molecule has 0 radical (unpaired) electrons. The summed E-state index contributed by atoms with van der Waals surface area (Å²) in [5.74, 6) is 0.217. The Morgan fingerprint density at radius 3 is 2.65 bits per heavy atom. The van der Waals surface area contributed by atoms with Crippen LogP contribution in [-0.2, 0) is 23.7 Å². The smallest absolute Gasteiger partial charge is 0.241 e. The molecule has 1 aromatic carbocycles. The number of rotatable bonds is 4. The van der Waals surface area contributed by atoms with Crippen LogP contribution in [0.4, 0.5) is 0 Å². The number of halogens is 1. The van der Waals surface area contributed by atoms with Gasteiger partial charge in [-0.25, -0.2) is 13.6 Å². The van der Waals surface area contributed by atoms with E-state index in [0.717, 1.165) is 11.4 Å². The van der Waals surface area contributed by atoms with Crippen LogP contribution in [0.3, 0.4) is 0 Å². The van der Waals surface area contributed by atoms with Crippen molar-refractivity contribution in [2.24, 2.45) is 12.2 Å². The zero-order valence-corrected chi connectivity index (χ0v) is 13.4. The molecular weight excluding hydrogens is 346 g/mol. The Morgan fingerprint density at radius 2 is 2.10 bits per heavy atom. The van der Waals surface area contributed by atoms with Gasteiger partial charge in [-0.1, -0.05) is 15.9 Å². The van der Waals surface area contributed by atoms with E-state index in [4.69, 9.17) is 9.88 Å². The molecular formula is C12H14BrN3O3S. The second kappa shape index (κ2) is 5.55. The van der Waals surface area contributed by atoms with Crippen LogP contribution in [0.5, 0.6) is 5.75 Å². The minimum atomic E-state index is -3.84. The lowest BCUT2D eigenvalue weighted by Crippen LogP contribution is -2.14. The molecule has 2 aromatic rings. The number of nitrogens with two attached hydrogens (primary N) is 1. The number of nitrogens with zero attached hydrogens (tertiary/aromatic N) is 2. The van der Waals surface area contributed by atoms with Crippen molar-refractivity contribution in [2.75, 3.05) is 0 Å². The van der Waals surface area contributed by atoms with Gasteiger partial charge in [-0.2, -0.15) is 5.10 Å². The fraction of sp³-hybridized carbons (Fsp3) is 0.250. The van der Waals surface area contributed by atoms with Crippen LogP contribution in [0.25, 0.3) is 0 Å². The first-order chi connectivity index (χ1) is 9.27. The standard InChI is InChI=1S/C12H14BrN3O3S/c1-8-5-10(16(2)15-8)7-19-11-4-3-9(13)6-12(11)20(14,17)18/h3-6H,7H2,1-2H3,(H2,14,17,18). The van der Waals surface area contributed by atoms with Gasteiger partial charge < -0.3 is 4.74 Å². The van der Waals surface area contributed by atoms with E-state index in [1.165, 1.54) is 6.07 Å². The van der Waals surface area contributed by atoms with Crippen LogP contribution in [-0.4, -0.2) is 18.2 Å². The van der Waals surface area contributed by atoms with Gasteiger partial charge in [-0.05, 0) is 31.2 Å². The number of benzene rings is 1. The lowest BCUT2D eigenvalue weighted by Gasteiger charge is -2.10. The van der Waals surface area contributed by atoms with E-state index in [2.05, 4.69) is 21.0 Å². The first-order valence-corrected chi connectivity index (χ1v) is 8.06. The van der Waals surface area contributed by atoms with E-state index in [-0.39, 0.29) is 17.3 Å². The van der Waals surface area contributed by atoms with Crippen LogP contribution in [0, 0.1) is 6.92 Å². The van der Waals surface area contributed by atoms with E-state index >= 15 is 0 Å². The topological polar surface area (TPSA) is 87.2 Å². The van der Waals surface area contributed by atoms with Gasteiger partial charge >= 0.3 is 0 Å². The quantitative estimate of drug-likeness (QED) is 0.899. The van der Waals surface area contributed by atoms with E-state index in [1.54, 1.807) is 23.9 Å². The average molecular weight is 360 g/mol. The summed E-state index contributed by atoms with van der Waals surface area (Å²) in [4.78, 5) is -0.0502. The number of hydrogen-bond acceptors (Lipinski definition) is 4. The maximum absolute atomic E-state index is 11.5.